The van der Waals surface area contributed by atoms with Gasteiger partial charge < -0.3 is 5.32 Å². The van der Waals surface area contributed by atoms with E-state index in [1.165, 1.54) is 11.8 Å². The van der Waals surface area contributed by atoms with Gasteiger partial charge in [0.05, 0.1) is 16.5 Å². The molecule has 0 aliphatic rings. The third-order valence-corrected chi connectivity index (χ3v) is 4.76. The van der Waals surface area contributed by atoms with Gasteiger partial charge in [0.2, 0.25) is 5.91 Å². The van der Waals surface area contributed by atoms with Crippen molar-refractivity contribution in [3.8, 4) is 0 Å². The zero-order valence-corrected chi connectivity index (χ0v) is 14.7. The highest BCUT2D eigenvalue weighted by molar-refractivity contribution is 8.00. The first kappa shape index (κ1) is 16.7. The predicted octanol–water partition coefficient (Wildman–Crippen LogP) is 4.11. The number of benzene rings is 1. The lowest BCUT2D eigenvalue weighted by Crippen LogP contribution is -2.22. The minimum Gasteiger partial charge on any atom is -0.322 e. The van der Waals surface area contributed by atoms with E-state index in [0.717, 1.165) is 15.9 Å². The molecule has 7 heteroatoms. The maximum atomic E-state index is 12.4. The maximum Gasteiger partial charge on any atom is 0.237 e. The molecule has 2 aromatic heterocycles. The Bertz CT molecular complexity index is 903. The van der Waals surface area contributed by atoms with Crippen LogP contribution in [0, 0.1) is 6.92 Å². The Kier molecular flexibility index (Phi) is 4.97. The molecule has 0 bridgehead atoms. The molecule has 0 aliphatic heterocycles. The van der Waals surface area contributed by atoms with Crippen molar-refractivity contribution in [2.24, 2.45) is 0 Å². The molecule has 2 heterocycles. The lowest BCUT2D eigenvalue weighted by atomic mass is 10.2. The van der Waals surface area contributed by atoms with Crippen molar-refractivity contribution in [3.05, 3.63) is 53.6 Å². The highest BCUT2D eigenvalue weighted by Crippen LogP contribution is 2.29. The first-order valence-electron chi connectivity index (χ1n) is 7.36. The van der Waals surface area contributed by atoms with Gasteiger partial charge in [0.1, 0.15) is 10.9 Å². The number of aryl methyl sites for hydroxylation is 1. The summed E-state index contributed by atoms with van der Waals surface area (Å²) in [7, 11) is 0. The summed E-state index contributed by atoms with van der Waals surface area (Å²) in [6.45, 7) is 3.67. The van der Waals surface area contributed by atoms with Crippen molar-refractivity contribution in [3.63, 3.8) is 0 Å². The van der Waals surface area contributed by atoms with Crippen molar-refractivity contribution in [1.29, 1.82) is 0 Å². The third-order valence-electron chi connectivity index (χ3n) is 3.35. The molecule has 3 aromatic rings. The largest absolute Gasteiger partial charge is 0.322 e. The fraction of sp³-hybridized carbons (Fsp3) is 0.176. The lowest BCUT2D eigenvalue weighted by Gasteiger charge is -2.13. The van der Waals surface area contributed by atoms with Crippen LogP contribution in [-0.2, 0) is 4.79 Å². The Morgan fingerprint density at radius 1 is 1.21 bits per heavy atom. The predicted molar refractivity (Wildman–Crippen MR) is 97.5 cm³/mol. The molecule has 3 rings (SSSR count). The van der Waals surface area contributed by atoms with Crippen LogP contribution in [0.1, 0.15) is 12.7 Å². The summed E-state index contributed by atoms with van der Waals surface area (Å²) in [5, 5.41) is 4.44. The van der Waals surface area contributed by atoms with Crippen LogP contribution in [0.5, 0.6) is 0 Å². The van der Waals surface area contributed by atoms with Gasteiger partial charge in [-0.3, -0.25) is 4.79 Å². The lowest BCUT2D eigenvalue weighted by molar-refractivity contribution is -0.115. The molecule has 1 N–H and O–H groups in total. The monoisotopic (exact) mass is 358 g/mol. The average Bonchev–Trinajstić information content (AvgIpc) is 2.56. The molecule has 0 spiro atoms. The smallest absolute Gasteiger partial charge is 0.237 e. The van der Waals surface area contributed by atoms with Gasteiger partial charge >= 0.3 is 0 Å². The van der Waals surface area contributed by atoms with Crippen molar-refractivity contribution < 1.29 is 4.79 Å². The van der Waals surface area contributed by atoms with Crippen molar-refractivity contribution in [1.82, 2.24) is 15.0 Å². The van der Waals surface area contributed by atoms with Crippen LogP contribution in [0.15, 0.2) is 47.6 Å². The Morgan fingerprint density at radius 3 is 2.79 bits per heavy atom. The summed E-state index contributed by atoms with van der Waals surface area (Å²) in [5.41, 5.74) is 1.37. The molecule has 24 heavy (non-hydrogen) atoms. The number of halogens is 1. The highest BCUT2D eigenvalue weighted by atomic mass is 35.5. The maximum absolute atomic E-state index is 12.4. The van der Waals surface area contributed by atoms with E-state index >= 15 is 0 Å². The van der Waals surface area contributed by atoms with Gasteiger partial charge in [-0.15, -0.1) is 0 Å². The Morgan fingerprint density at radius 2 is 2.00 bits per heavy atom. The summed E-state index contributed by atoms with van der Waals surface area (Å²) in [5.74, 6) is 0.523. The molecule has 5 nitrogen and oxygen atoms in total. The number of pyridine rings is 1. The molecule has 0 saturated carbocycles. The number of anilines is 1. The fourth-order valence-corrected chi connectivity index (χ4v) is 3.33. The van der Waals surface area contributed by atoms with Gasteiger partial charge in [0.25, 0.3) is 0 Å². The number of para-hydroxylation sites is 1. The van der Waals surface area contributed by atoms with E-state index < -0.39 is 0 Å². The van der Waals surface area contributed by atoms with Crippen LogP contribution in [-0.4, -0.2) is 26.1 Å². The zero-order chi connectivity index (χ0) is 17.1. The second kappa shape index (κ2) is 7.15. The van der Waals surface area contributed by atoms with Gasteiger partial charge in [-0.1, -0.05) is 41.6 Å². The molecule has 1 aromatic carbocycles. The normalized spacial score (nSPS) is 12.1. The molecule has 0 saturated heterocycles. The minimum atomic E-state index is -0.348. The van der Waals surface area contributed by atoms with Gasteiger partial charge in [-0.25, -0.2) is 15.0 Å². The van der Waals surface area contributed by atoms with Crippen molar-refractivity contribution >= 4 is 45.9 Å². The molecule has 0 radical (unpaired) electrons. The summed E-state index contributed by atoms with van der Waals surface area (Å²) < 4.78 is 0. The number of fused-ring (bicyclic) bond motifs is 1. The molecule has 0 unspecified atom stereocenters. The van der Waals surface area contributed by atoms with E-state index in [9.17, 15) is 4.79 Å². The SMILES string of the molecule is Cc1nc(S[C@@H](C)C(=O)Nc2cccnc2Cl)c2ccccc2n1. The second-order valence-corrected chi connectivity index (χ2v) is 6.87. The van der Waals surface area contributed by atoms with Crippen LogP contribution in [0.25, 0.3) is 10.9 Å². The number of nitrogens with zero attached hydrogens (tertiary/aromatic N) is 3. The highest BCUT2D eigenvalue weighted by Gasteiger charge is 2.18. The van der Waals surface area contributed by atoms with E-state index in [-0.39, 0.29) is 16.3 Å². The van der Waals surface area contributed by atoms with Gasteiger partial charge in [0, 0.05) is 11.6 Å². The summed E-state index contributed by atoms with van der Waals surface area (Å²) >= 11 is 7.37. The number of amides is 1. The van der Waals surface area contributed by atoms with Crippen LogP contribution < -0.4 is 5.32 Å². The van der Waals surface area contributed by atoms with Crippen LogP contribution in [0.4, 0.5) is 5.69 Å². The van der Waals surface area contributed by atoms with E-state index in [1.54, 1.807) is 18.3 Å². The average molecular weight is 359 g/mol. The molecular formula is C17H15ClN4OS. The second-order valence-electron chi connectivity index (χ2n) is 5.18. The van der Waals surface area contributed by atoms with Crippen LogP contribution in [0.2, 0.25) is 5.15 Å². The number of carbonyl (C=O) groups is 1. The molecule has 0 aliphatic carbocycles. The first-order valence-corrected chi connectivity index (χ1v) is 8.62. The Labute approximate surface area is 148 Å². The van der Waals surface area contributed by atoms with E-state index in [1.807, 2.05) is 38.1 Å². The van der Waals surface area contributed by atoms with E-state index in [2.05, 4.69) is 20.3 Å². The fourth-order valence-electron chi connectivity index (χ4n) is 2.18. The topological polar surface area (TPSA) is 67.8 Å². The van der Waals surface area contributed by atoms with Crippen molar-refractivity contribution in [2.45, 2.75) is 24.1 Å². The molecule has 1 amide bonds. The van der Waals surface area contributed by atoms with Gasteiger partial charge in [-0.05, 0) is 32.0 Å². The Hall–Kier alpha value is -2.18. The first-order chi connectivity index (χ1) is 11.5. The van der Waals surface area contributed by atoms with Gasteiger partial charge in [-0.2, -0.15) is 0 Å². The molecule has 1 atom stereocenters. The minimum absolute atomic E-state index is 0.157. The van der Waals surface area contributed by atoms with Crippen LogP contribution >= 0.6 is 23.4 Å². The molecule has 0 fully saturated rings. The zero-order valence-electron chi connectivity index (χ0n) is 13.2. The Balaban J connectivity index is 1.81. The van der Waals surface area contributed by atoms with Crippen molar-refractivity contribution in [2.75, 3.05) is 5.32 Å². The number of nitrogens with one attached hydrogen (secondary N) is 1. The van der Waals surface area contributed by atoms with E-state index in [4.69, 9.17) is 11.6 Å². The molecule has 122 valence electrons. The number of carbonyl (C=O) groups excluding carboxylic acids is 1. The van der Waals surface area contributed by atoms with Crippen LogP contribution in [0.3, 0.4) is 0 Å². The van der Waals surface area contributed by atoms with Gasteiger partial charge in [0.15, 0.2) is 5.15 Å². The number of rotatable bonds is 4. The summed E-state index contributed by atoms with van der Waals surface area (Å²) in [4.78, 5) is 25.3. The number of thioether (sulfide) groups is 1. The summed E-state index contributed by atoms with van der Waals surface area (Å²) in [6, 6.07) is 11.2. The number of aromatic nitrogens is 3. The summed E-state index contributed by atoms with van der Waals surface area (Å²) in [6.07, 6.45) is 1.58. The third kappa shape index (κ3) is 3.66. The number of hydrogen-bond donors (Lipinski definition) is 1. The number of hydrogen-bond acceptors (Lipinski definition) is 5. The van der Waals surface area contributed by atoms with E-state index in [0.29, 0.717) is 11.5 Å². The quantitative estimate of drug-likeness (QED) is 0.432. The molecular weight excluding hydrogens is 344 g/mol. The standard InChI is InChI=1S/C17H15ClN4OS/c1-10(16(23)22-14-8-5-9-19-15(14)18)24-17-12-6-3-4-7-13(12)20-11(2)21-17/h3-10H,1-2H3,(H,22,23)/t10-/m0/s1.